The van der Waals surface area contributed by atoms with Gasteiger partial charge in [0.2, 0.25) is 5.91 Å². The monoisotopic (exact) mass is 368 g/mol. The van der Waals surface area contributed by atoms with Crippen molar-refractivity contribution in [3.63, 3.8) is 0 Å². The lowest BCUT2D eigenvalue weighted by atomic mass is 10.1. The van der Waals surface area contributed by atoms with E-state index in [1.54, 1.807) is 42.7 Å². The van der Waals surface area contributed by atoms with Crippen molar-refractivity contribution in [3.05, 3.63) is 59.9 Å². The molecular formula is C19H20N4O4. The number of amides is 4. The van der Waals surface area contributed by atoms with E-state index in [2.05, 4.69) is 15.6 Å². The normalized spacial score (nSPS) is 16.2. The summed E-state index contributed by atoms with van der Waals surface area (Å²) in [5.41, 5.74) is 1.62. The minimum absolute atomic E-state index is 0.0871. The third kappa shape index (κ3) is 4.41. The van der Waals surface area contributed by atoms with Crippen molar-refractivity contribution >= 4 is 17.8 Å². The Hall–Kier alpha value is -3.42. The van der Waals surface area contributed by atoms with Crippen LogP contribution in [-0.2, 0) is 22.7 Å². The number of methoxy groups -OCH3 is 1. The Balaban J connectivity index is 1.58. The summed E-state index contributed by atoms with van der Waals surface area (Å²) in [5.74, 6) is -0.147. The van der Waals surface area contributed by atoms with Crippen LogP contribution in [0.5, 0.6) is 5.75 Å². The molecule has 0 spiro atoms. The van der Waals surface area contributed by atoms with Crippen LogP contribution >= 0.6 is 0 Å². The number of nitrogens with zero attached hydrogens (tertiary/aromatic N) is 2. The van der Waals surface area contributed by atoms with Gasteiger partial charge >= 0.3 is 6.03 Å². The molecule has 1 aromatic heterocycles. The molecule has 4 amide bonds. The largest absolute Gasteiger partial charge is 0.496 e. The third-order valence-electron chi connectivity index (χ3n) is 4.26. The maximum absolute atomic E-state index is 12.5. The summed E-state index contributed by atoms with van der Waals surface area (Å²) in [6.07, 6.45) is 3.16. The molecule has 2 heterocycles. The quantitative estimate of drug-likeness (QED) is 0.716. The van der Waals surface area contributed by atoms with Crippen molar-refractivity contribution in [3.8, 4) is 5.75 Å². The maximum atomic E-state index is 12.5. The van der Waals surface area contributed by atoms with Crippen molar-refractivity contribution < 1.29 is 19.1 Å². The highest BCUT2D eigenvalue weighted by Gasteiger charge is 2.39. The Morgan fingerprint density at radius 1 is 1.22 bits per heavy atom. The number of carbonyl (C=O) groups excluding carboxylic acids is 3. The Morgan fingerprint density at radius 2 is 1.96 bits per heavy atom. The number of rotatable bonds is 7. The van der Waals surface area contributed by atoms with Crippen LogP contribution in [-0.4, -0.2) is 40.9 Å². The number of nitrogens with one attached hydrogen (secondary N) is 2. The first-order valence-electron chi connectivity index (χ1n) is 8.48. The van der Waals surface area contributed by atoms with E-state index in [9.17, 15) is 14.4 Å². The van der Waals surface area contributed by atoms with Gasteiger partial charge in [0.05, 0.1) is 20.1 Å². The molecule has 1 atom stereocenters. The van der Waals surface area contributed by atoms with E-state index in [1.807, 2.05) is 6.07 Å². The van der Waals surface area contributed by atoms with E-state index in [0.717, 1.165) is 10.5 Å². The van der Waals surface area contributed by atoms with Gasteiger partial charge in [0.15, 0.2) is 0 Å². The number of para-hydroxylation sites is 1. The van der Waals surface area contributed by atoms with Crippen molar-refractivity contribution in [2.75, 3.05) is 7.11 Å². The van der Waals surface area contributed by atoms with Crippen molar-refractivity contribution in [2.24, 2.45) is 0 Å². The molecule has 140 valence electrons. The van der Waals surface area contributed by atoms with Gasteiger partial charge < -0.3 is 15.4 Å². The average Bonchev–Trinajstić information content (AvgIpc) is 2.95. The fourth-order valence-electron chi connectivity index (χ4n) is 2.83. The maximum Gasteiger partial charge on any atom is 0.325 e. The van der Waals surface area contributed by atoms with Gasteiger partial charge in [-0.15, -0.1) is 0 Å². The van der Waals surface area contributed by atoms with E-state index < -0.39 is 18.0 Å². The van der Waals surface area contributed by atoms with Gasteiger partial charge in [0, 0.05) is 24.5 Å². The van der Waals surface area contributed by atoms with Crippen molar-refractivity contribution in [2.45, 2.75) is 25.6 Å². The highest BCUT2D eigenvalue weighted by Crippen LogP contribution is 2.21. The van der Waals surface area contributed by atoms with Gasteiger partial charge in [-0.3, -0.25) is 19.5 Å². The Kier molecular flexibility index (Phi) is 5.65. The molecular weight excluding hydrogens is 348 g/mol. The van der Waals surface area contributed by atoms with Crippen LogP contribution in [0.15, 0.2) is 48.8 Å². The number of pyridine rings is 1. The average molecular weight is 368 g/mol. The summed E-state index contributed by atoms with van der Waals surface area (Å²) in [7, 11) is 1.53. The lowest BCUT2D eigenvalue weighted by molar-refractivity contribution is -0.131. The van der Waals surface area contributed by atoms with Crippen LogP contribution in [0.4, 0.5) is 4.79 Å². The summed E-state index contributed by atoms with van der Waals surface area (Å²) in [6.45, 7) is 0.422. The summed E-state index contributed by atoms with van der Waals surface area (Å²) in [6, 6.07) is 9.36. The van der Waals surface area contributed by atoms with Gasteiger partial charge in [-0.2, -0.15) is 0 Å². The number of hydrogen-bond donors (Lipinski definition) is 2. The van der Waals surface area contributed by atoms with Crippen LogP contribution in [0.2, 0.25) is 0 Å². The number of hydrogen-bond acceptors (Lipinski definition) is 5. The van der Waals surface area contributed by atoms with Crippen molar-refractivity contribution in [1.29, 1.82) is 0 Å². The molecule has 3 rings (SSSR count). The summed E-state index contributed by atoms with van der Waals surface area (Å²) in [4.78, 5) is 41.8. The molecule has 0 radical (unpaired) electrons. The number of ether oxygens (including phenoxy) is 1. The topological polar surface area (TPSA) is 101 Å². The van der Waals surface area contributed by atoms with E-state index in [1.165, 1.54) is 7.11 Å². The molecule has 1 aliphatic rings. The van der Waals surface area contributed by atoms with Gasteiger partial charge in [-0.05, 0) is 23.8 Å². The second-order valence-corrected chi connectivity index (χ2v) is 6.07. The smallest absolute Gasteiger partial charge is 0.325 e. The van der Waals surface area contributed by atoms with Crippen LogP contribution in [0, 0.1) is 0 Å². The molecule has 0 unspecified atom stereocenters. The molecule has 0 bridgehead atoms. The van der Waals surface area contributed by atoms with E-state index in [4.69, 9.17) is 4.74 Å². The second-order valence-electron chi connectivity index (χ2n) is 6.07. The fraction of sp³-hybridized carbons (Fsp3) is 0.263. The first kappa shape index (κ1) is 18.4. The molecule has 8 heteroatoms. The fourth-order valence-corrected chi connectivity index (χ4v) is 2.83. The lowest BCUT2D eigenvalue weighted by Gasteiger charge is -2.15. The summed E-state index contributed by atoms with van der Waals surface area (Å²) in [5, 5.41) is 5.30. The van der Waals surface area contributed by atoms with E-state index in [0.29, 0.717) is 17.9 Å². The molecule has 1 aliphatic heterocycles. The van der Waals surface area contributed by atoms with Gasteiger partial charge in [-0.1, -0.05) is 18.2 Å². The van der Waals surface area contributed by atoms with Crippen molar-refractivity contribution in [1.82, 2.24) is 20.5 Å². The zero-order valence-corrected chi connectivity index (χ0v) is 14.8. The first-order chi connectivity index (χ1) is 13.1. The molecule has 1 fully saturated rings. The Labute approximate surface area is 156 Å². The molecule has 1 aromatic carbocycles. The van der Waals surface area contributed by atoms with Crippen LogP contribution in [0.25, 0.3) is 0 Å². The lowest BCUT2D eigenvalue weighted by Crippen LogP contribution is -2.36. The number of carbonyl (C=O) groups is 3. The standard InChI is InChI=1S/C19H20N4O4/c1-27-16-5-3-2-4-14(16)12-23-18(25)15(22-19(23)26)10-17(24)21-11-13-6-8-20-9-7-13/h2-9,15H,10-12H2,1H3,(H,21,24)(H,22,26)/t15-/m0/s1. The highest BCUT2D eigenvalue weighted by atomic mass is 16.5. The molecule has 2 N–H and O–H groups in total. The minimum Gasteiger partial charge on any atom is -0.496 e. The number of benzene rings is 1. The number of imide groups is 1. The van der Waals surface area contributed by atoms with E-state index in [-0.39, 0.29) is 18.9 Å². The summed E-state index contributed by atoms with van der Waals surface area (Å²) < 4.78 is 5.25. The highest BCUT2D eigenvalue weighted by molar-refractivity contribution is 6.05. The Morgan fingerprint density at radius 3 is 2.70 bits per heavy atom. The van der Waals surface area contributed by atoms with E-state index >= 15 is 0 Å². The van der Waals surface area contributed by atoms with Crippen LogP contribution in [0.3, 0.4) is 0 Å². The predicted molar refractivity (Wildman–Crippen MR) is 96.6 cm³/mol. The molecule has 2 aromatic rings. The predicted octanol–water partition coefficient (Wildman–Crippen LogP) is 1.22. The molecule has 27 heavy (non-hydrogen) atoms. The zero-order valence-electron chi connectivity index (χ0n) is 14.8. The molecule has 0 aliphatic carbocycles. The number of urea groups is 1. The summed E-state index contributed by atoms with van der Waals surface area (Å²) >= 11 is 0. The zero-order chi connectivity index (χ0) is 19.2. The second kappa shape index (κ2) is 8.31. The number of aromatic nitrogens is 1. The van der Waals surface area contributed by atoms with Crippen LogP contribution in [0.1, 0.15) is 17.5 Å². The Bertz CT molecular complexity index is 841. The van der Waals surface area contributed by atoms with Gasteiger partial charge in [0.25, 0.3) is 5.91 Å². The molecule has 8 nitrogen and oxygen atoms in total. The molecule has 1 saturated heterocycles. The van der Waals surface area contributed by atoms with Gasteiger partial charge in [-0.25, -0.2) is 4.79 Å². The SMILES string of the molecule is COc1ccccc1CN1C(=O)N[C@@H](CC(=O)NCc2ccncc2)C1=O. The molecule has 0 saturated carbocycles. The van der Waals surface area contributed by atoms with Gasteiger partial charge in [0.1, 0.15) is 11.8 Å². The first-order valence-corrected chi connectivity index (χ1v) is 8.48. The van der Waals surface area contributed by atoms with Crippen LogP contribution < -0.4 is 15.4 Å². The third-order valence-corrected chi connectivity index (χ3v) is 4.26. The minimum atomic E-state index is -0.871.